The summed E-state index contributed by atoms with van der Waals surface area (Å²) in [5.41, 5.74) is 0.600. The number of piperidine rings is 1. The molecule has 0 saturated carbocycles. The molecule has 132 valence electrons. The second-order valence-corrected chi connectivity index (χ2v) is 6.76. The van der Waals surface area contributed by atoms with Crippen molar-refractivity contribution in [2.75, 3.05) is 19.7 Å². The molecule has 0 N–H and O–H groups in total. The summed E-state index contributed by atoms with van der Waals surface area (Å²) in [6.45, 7) is 3.74. The van der Waals surface area contributed by atoms with Crippen LogP contribution in [-0.2, 0) is 21.4 Å². The molecule has 2 aliphatic rings. The molecule has 0 radical (unpaired) electrons. The zero-order valence-corrected chi connectivity index (χ0v) is 14.2. The summed E-state index contributed by atoms with van der Waals surface area (Å²) in [6.07, 6.45) is 7.71. The van der Waals surface area contributed by atoms with Gasteiger partial charge in [0.2, 0.25) is 11.8 Å². The van der Waals surface area contributed by atoms with Crippen molar-refractivity contribution >= 4 is 5.91 Å². The molecule has 8 nitrogen and oxygen atoms in total. The van der Waals surface area contributed by atoms with Crippen LogP contribution in [0.1, 0.15) is 36.5 Å². The molecule has 25 heavy (non-hydrogen) atoms. The van der Waals surface area contributed by atoms with E-state index in [0.717, 1.165) is 18.4 Å². The third-order valence-electron chi connectivity index (χ3n) is 5.17. The van der Waals surface area contributed by atoms with Gasteiger partial charge < -0.3 is 14.2 Å². The number of rotatable bonds is 4. The highest BCUT2D eigenvalue weighted by Crippen LogP contribution is 2.42. The van der Waals surface area contributed by atoms with Gasteiger partial charge >= 0.3 is 0 Å². The van der Waals surface area contributed by atoms with Crippen LogP contribution in [-0.4, -0.2) is 56.7 Å². The van der Waals surface area contributed by atoms with Gasteiger partial charge in [0.25, 0.3) is 0 Å². The first-order valence-electron chi connectivity index (χ1n) is 8.61. The van der Waals surface area contributed by atoms with E-state index in [0.29, 0.717) is 44.3 Å². The maximum absolute atomic E-state index is 12.7. The molecule has 2 atom stereocenters. The smallest absolute Gasteiger partial charge is 0.237 e. The molecule has 0 unspecified atom stereocenters. The minimum atomic E-state index is -0.370. The molecule has 2 aromatic rings. The van der Waals surface area contributed by atoms with E-state index in [4.69, 9.17) is 9.26 Å². The lowest BCUT2D eigenvalue weighted by Crippen LogP contribution is -2.54. The Kier molecular flexibility index (Phi) is 4.20. The van der Waals surface area contributed by atoms with E-state index in [1.54, 1.807) is 12.4 Å². The molecule has 8 heteroatoms. The highest BCUT2D eigenvalue weighted by atomic mass is 16.5. The minimum absolute atomic E-state index is 0.0407. The standard InChI is InChI=1S/C17H21N5O3/c1-12-20-16(25-21-12)17-5-7-24-14(17)4-6-22(10-17)15(23)3-2-13-8-18-11-19-9-13/h8-9,11,14H,2-7,10H2,1H3/t14-,17-/m1/s1. The molecule has 0 bridgehead atoms. The largest absolute Gasteiger partial charge is 0.377 e. The van der Waals surface area contributed by atoms with E-state index in [9.17, 15) is 4.79 Å². The SMILES string of the molecule is Cc1noc([C@@]23CCO[C@@H]2CCN(C(=O)CCc2cncnc2)C3)n1. The fraction of sp³-hybridized carbons (Fsp3) is 0.588. The van der Waals surface area contributed by atoms with Gasteiger partial charge in [-0.2, -0.15) is 4.98 Å². The Morgan fingerprint density at radius 2 is 2.24 bits per heavy atom. The van der Waals surface area contributed by atoms with Crippen LogP contribution in [0.15, 0.2) is 23.2 Å². The van der Waals surface area contributed by atoms with E-state index >= 15 is 0 Å². The van der Waals surface area contributed by atoms with Crippen LogP contribution in [0.3, 0.4) is 0 Å². The number of carbonyl (C=O) groups excluding carboxylic acids is 1. The van der Waals surface area contributed by atoms with Crippen molar-refractivity contribution in [3.8, 4) is 0 Å². The normalized spacial score (nSPS) is 25.8. The number of hydrogen-bond acceptors (Lipinski definition) is 7. The zero-order chi connectivity index (χ0) is 17.3. The topological polar surface area (TPSA) is 94.2 Å². The van der Waals surface area contributed by atoms with Crippen LogP contribution in [0, 0.1) is 6.92 Å². The first-order valence-corrected chi connectivity index (χ1v) is 8.61. The Bertz CT molecular complexity index is 750. The van der Waals surface area contributed by atoms with Gasteiger partial charge in [-0.05, 0) is 31.7 Å². The van der Waals surface area contributed by atoms with E-state index in [2.05, 4.69) is 20.1 Å². The maximum Gasteiger partial charge on any atom is 0.237 e. The third-order valence-corrected chi connectivity index (χ3v) is 5.17. The van der Waals surface area contributed by atoms with Crippen LogP contribution < -0.4 is 0 Å². The van der Waals surface area contributed by atoms with Crippen LogP contribution in [0.2, 0.25) is 0 Å². The highest BCUT2D eigenvalue weighted by molar-refractivity contribution is 5.76. The van der Waals surface area contributed by atoms with Gasteiger partial charge in [0, 0.05) is 38.5 Å². The first-order chi connectivity index (χ1) is 12.2. The summed E-state index contributed by atoms with van der Waals surface area (Å²) in [7, 11) is 0. The summed E-state index contributed by atoms with van der Waals surface area (Å²) >= 11 is 0. The number of amides is 1. The maximum atomic E-state index is 12.7. The van der Waals surface area contributed by atoms with Gasteiger partial charge in [-0.1, -0.05) is 5.16 Å². The lowest BCUT2D eigenvalue weighted by atomic mass is 9.76. The Hall–Kier alpha value is -2.35. The molecule has 2 aliphatic heterocycles. The molecular formula is C17H21N5O3. The van der Waals surface area contributed by atoms with E-state index in [1.807, 2.05) is 11.8 Å². The van der Waals surface area contributed by atoms with Gasteiger partial charge in [0.05, 0.1) is 11.5 Å². The van der Waals surface area contributed by atoms with Crippen LogP contribution in [0.4, 0.5) is 0 Å². The molecule has 2 aromatic heterocycles. The molecule has 0 aliphatic carbocycles. The molecular weight excluding hydrogens is 322 g/mol. The average molecular weight is 343 g/mol. The van der Waals surface area contributed by atoms with Gasteiger partial charge in [0.1, 0.15) is 6.33 Å². The van der Waals surface area contributed by atoms with Crippen molar-refractivity contribution in [2.24, 2.45) is 0 Å². The number of hydrogen-bond donors (Lipinski definition) is 0. The van der Waals surface area contributed by atoms with Gasteiger partial charge in [-0.3, -0.25) is 4.79 Å². The van der Waals surface area contributed by atoms with Crippen LogP contribution >= 0.6 is 0 Å². The number of fused-ring (bicyclic) bond motifs is 1. The molecule has 4 heterocycles. The van der Waals surface area contributed by atoms with Crippen molar-refractivity contribution in [1.29, 1.82) is 0 Å². The summed E-state index contributed by atoms with van der Waals surface area (Å²) in [5.74, 6) is 1.34. The molecule has 2 saturated heterocycles. The summed E-state index contributed by atoms with van der Waals surface area (Å²) in [6, 6.07) is 0. The molecule has 0 spiro atoms. The van der Waals surface area contributed by atoms with Gasteiger partial charge in [0.15, 0.2) is 5.82 Å². The van der Waals surface area contributed by atoms with E-state index in [-0.39, 0.29) is 17.4 Å². The number of aryl methyl sites for hydroxylation is 2. The fourth-order valence-electron chi connectivity index (χ4n) is 3.83. The van der Waals surface area contributed by atoms with Gasteiger partial charge in [-0.25, -0.2) is 9.97 Å². The first kappa shape index (κ1) is 16.1. The Morgan fingerprint density at radius 1 is 1.40 bits per heavy atom. The predicted molar refractivity (Wildman–Crippen MR) is 86.6 cm³/mol. The average Bonchev–Trinajstić information content (AvgIpc) is 3.26. The fourth-order valence-corrected chi connectivity index (χ4v) is 3.83. The predicted octanol–water partition coefficient (Wildman–Crippen LogP) is 1.06. The number of carbonyl (C=O) groups is 1. The summed E-state index contributed by atoms with van der Waals surface area (Å²) in [4.78, 5) is 27.1. The van der Waals surface area contributed by atoms with Crippen LogP contribution in [0.25, 0.3) is 0 Å². The molecule has 4 rings (SSSR count). The lowest BCUT2D eigenvalue weighted by Gasteiger charge is -2.41. The van der Waals surface area contributed by atoms with E-state index in [1.165, 1.54) is 6.33 Å². The van der Waals surface area contributed by atoms with Crippen molar-refractivity contribution in [3.63, 3.8) is 0 Å². The Labute approximate surface area is 145 Å². The third kappa shape index (κ3) is 3.02. The van der Waals surface area contributed by atoms with Crippen molar-refractivity contribution < 1.29 is 14.1 Å². The molecule has 1 amide bonds. The van der Waals surface area contributed by atoms with Gasteiger partial charge in [-0.15, -0.1) is 0 Å². The zero-order valence-electron chi connectivity index (χ0n) is 14.2. The Morgan fingerprint density at radius 3 is 3.00 bits per heavy atom. The summed E-state index contributed by atoms with van der Waals surface area (Å²) < 4.78 is 11.4. The van der Waals surface area contributed by atoms with Crippen molar-refractivity contribution in [1.82, 2.24) is 25.0 Å². The van der Waals surface area contributed by atoms with Crippen molar-refractivity contribution in [3.05, 3.63) is 36.0 Å². The minimum Gasteiger partial charge on any atom is -0.377 e. The number of likely N-dealkylation sites (tertiary alicyclic amines) is 1. The summed E-state index contributed by atoms with van der Waals surface area (Å²) in [5, 5.41) is 3.93. The van der Waals surface area contributed by atoms with E-state index < -0.39 is 0 Å². The molecule has 2 fully saturated rings. The lowest BCUT2D eigenvalue weighted by molar-refractivity contribution is -0.135. The molecule has 0 aromatic carbocycles. The quantitative estimate of drug-likeness (QED) is 0.819. The number of aromatic nitrogens is 4. The van der Waals surface area contributed by atoms with Crippen LogP contribution in [0.5, 0.6) is 0 Å². The number of nitrogens with zero attached hydrogens (tertiary/aromatic N) is 5. The monoisotopic (exact) mass is 343 g/mol. The van der Waals surface area contributed by atoms with Crippen molar-refractivity contribution in [2.45, 2.75) is 44.1 Å². The number of ether oxygens (including phenoxy) is 1. The second-order valence-electron chi connectivity index (χ2n) is 6.76. The highest BCUT2D eigenvalue weighted by Gasteiger charge is 2.53. The Balaban J connectivity index is 1.47. The second kappa shape index (κ2) is 6.51.